The summed E-state index contributed by atoms with van der Waals surface area (Å²) < 4.78 is 14.5. The van der Waals surface area contributed by atoms with Crippen LogP contribution in [0.25, 0.3) is 0 Å². The molecule has 2 aromatic rings. The molecule has 1 aromatic heterocycles. The van der Waals surface area contributed by atoms with Crippen molar-refractivity contribution in [1.29, 1.82) is 0 Å². The highest BCUT2D eigenvalue weighted by Gasteiger charge is 2.14. The molecule has 5 heteroatoms. The van der Waals surface area contributed by atoms with Gasteiger partial charge in [-0.2, -0.15) is 5.10 Å². The van der Waals surface area contributed by atoms with Gasteiger partial charge in [0, 0.05) is 13.2 Å². The van der Waals surface area contributed by atoms with Crippen LogP contribution in [0.1, 0.15) is 17.4 Å². The lowest BCUT2D eigenvalue weighted by Crippen LogP contribution is -2.02. The number of halogens is 2. The van der Waals surface area contributed by atoms with Gasteiger partial charge in [0.05, 0.1) is 10.7 Å². The predicted molar refractivity (Wildman–Crippen MR) is 58.7 cm³/mol. The van der Waals surface area contributed by atoms with Crippen molar-refractivity contribution in [2.24, 2.45) is 7.05 Å². The Labute approximate surface area is 97.1 Å². The number of aliphatic hydroxyl groups is 1. The second-order valence-corrected chi connectivity index (χ2v) is 3.90. The Morgan fingerprint density at radius 3 is 2.75 bits per heavy atom. The third kappa shape index (κ3) is 2.08. The van der Waals surface area contributed by atoms with Gasteiger partial charge in [-0.25, -0.2) is 4.39 Å². The summed E-state index contributed by atoms with van der Waals surface area (Å²) in [6, 6.07) is 5.81. The van der Waals surface area contributed by atoms with Gasteiger partial charge in [0.1, 0.15) is 11.9 Å². The first-order chi connectivity index (χ1) is 7.58. The molecule has 0 spiro atoms. The van der Waals surface area contributed by atoms with Crippen LogP contribution in [0.3, 0.4) is 0 Å². The lowest BCUT2D eigenvalue weighted by Gasteiger charge is -2.08. The van der Waals surface area contributed by atoms with Crippen molar-refractivity contribution >= 4 is 11.6 Å². The standard InChI is InChI=1S/C11H10ClFN2O/c1-15-5-4-10(14-15)11(16)7-2-3-9(13)8(12)6-7/h2-6,11,16H,1H3. The van der Waals surface area contributed by atoms with Gasteiger partial charge in [-0.1, -0.05) is 17.7 Å². The van der Waals surface area contributed by atoms with E-state index in [1.54, 1.807) is 24.0 Å². The molecule has 0 saturated heterocycles. The molecule has 0 radical (unpaired) electrons. The van der Waals surface area contributed by atoms with Crippen LogP contribution in [-0.4, -0.2) is 14.9 Å². The molecule has 0 amide bonds. The van der Waals surface area contributed by atoms with E-state index in [2.05, 4.69) is 5.10 Å². The topological polar surface area (TPSA) is 38.0 Å². The summed E-state index contributed by atoms with van der Waals surface area (Å²) in [5.41, 5.74) is 1.02. The van der Waals surface area contributed by atoms with Gasteiger partial charge in [-0.15, -0.1) is 0 Å². The van der Waals surface area contributed by atoms with Crippen LogP contribution in [0.4, 0.5) is 4.39 Å². The smallest absolute Gasteiger partial charge is 0.141 e. The van der Waals surface area contributed by atoms with Crippen LogP contribution in [0, 0.1) is 5.82 Å². The molecule has 0 aliphatic heterocycles. The molecular weight excluding hydrogens is 231 g/mol. The zero-order chi connectivity index (χ0) is 11.7. The van der Waals surface area contributed by atoms with Crippen molar-refractivity contribution in [3.63, 3.8) is 0 Å². The second-order valence-electron chi connectivity index (χ2n) is 3.49. The Morgan fingerprint density at radius 2 is 2.19 bits per heavy atom. The van der Waals surface area contributed by atoms with Crippen LogP contribution in [0.2, 0.25) is 5.02 Å². The quantitative estimate of drug-likeness (QED) is 0.875. The lowest BCUT2D eigenvalue weighted by molar-refractivity contribution is 0.214. The number of rotatable bonds is 2. The van der Waals surface area contributed by atoms with Gasteiger partial charge in [0.2, 0.25) is 0 Å². The molecule has 0 fully saturated rings. The average Bonchev–Trinajstić information content (AvgIpc) is 2.68. The Morgan fingerprint density at radius 1 is 1.44 bits per heavy atom. The number of hydrogen-bond donors (Lipinski definition) is 1. The minimum Gasteiger partial charge on any atom is -0.382 e. The van der Waals surface area contributed by atoms with Crippen LogP contribution < -0.4 is 0 Å². The molecular formula is C11H10ClFN2O. The van der Waals surface area contributed by atoms with Gasteiger partial charge in [0.15, 0.2) is 0 Å². The van der Waals surface area contributed by atoms with Crippen molar-refractivity contribution in [2.75, 3.05) is 0 Å². The van der Waals surface area contributed by atoms with Gasteiger partial charge >= 0.3 is 0 Å². The number of nitrogens with zero attached hydrogens (tertiary/aromatic N) is 2. The molecule has 1 heterocycles. The van der Waals surface area contributed by atoms with Crippen LogP contribution in [0.15, 0.2) is 30.5 Å². The predicted octanol–water partition coefficient (Wildman–Crippen LogP) is 2.29. The first kappa shape index (κ1) is 11.1. The van der Waals surface area contributed by atoms with Crippen LogP contribution in [0.5, 0.6) is 0 Å². The summed E-state index contributed by atoms with van der Waals surface area (Å²) in [6.07, 6.45) is 0.836. The lowest BCUT2D eigenvalue weighted by atomic mass is 10.1. The number of aryl methyl sites for hydroxylation is 1. The first-order valence-corrected chi connectivity index (χ1v) is 5.08. The fourth-order valence-electron chi connectivity index (χ4n) is 1.43. The SMILES string of the molecule is Cn1ccc(C(O)c2ccc(F)c(Cl)c2)n1. The van der Waals surface area contributed by atoms with E-state index in [9.17, 15) is 9.50 Å². The van der Waals surface area contributed by atoms with Crippen molar-refractivity contribution in [1.82, 2.24) is 9.78 Å². The fourth-order valence-corrected chi connectivity index (χ4v) is 1.62. The number of hydrogen-bond acceptors (Lipinski definition) is 2. The van der Waals surface area contributed by atoms with E-state index < -0.39 is 11.9 Å². The molecule has 1 N–H and O–H groups in total. The van der Waals surface area contributed by atoms with E-state index >= 15 is 0 Å². The normalized spacial score (nSPS) is 12.8. The van der Waals surface area contributed by atoms with Gasteiger partial charge in [-0.3, -0.25) is 4.68 Å². The minimum atomic E-state index is -0.890. The highest BCUT2D eigenvalue weighted by atomic mass is 35.5. The molecule has 0 aliphatic rings. The third-order valence-electron chi connectivity index (χ3n) is 2.27. The Bertz CT molecular complexity index is 512. The van der Waals surface area contributed by atoms with Gasteiger partial charge in [-0.05, 0) is 23.8 Å². The second kappa shape index (κ2) is 4.23. The van der Waals surface area contributed by atoms with Crippen LogP contribution >= 0.6 is 11.6 Å². The minimum absolute atomic E-state index is 0.00696. The molecule has 0 bridgehead atoms. The van der Waals surface area contributed by atoms with Crippen molar-refractivity contribution < 1.29 is 9.50 Å². The highest BCUT2D eigenvalue weighted by molar-refractivity contribution is 6.30. The average molecular weight is 241 g/mol. The number of benzene rings is 1. The number of aromatic nitrogens is 2. The van der Waals surface area contributed by atoms with E-state index in [1.165, 1.54) is 18.2 Å². The summed E-state index contributed by atoms with van der Waals surface area (Å²) in [7, 11) is 1.76. The summed E-state index contributed by atoms with van der Waals surface area (Å²) in [5, 5.41) is 14.0. The van der Waals surface area contributed by atoms with Crippen molar-refractivity contribution in [3.05, 3.63) is 52.6 Å². The van der Waals surface area contributed by atoms with E-state index in [1.807, 2.05) is 0 Å². The maximum absolute atomic E-state index is 12.9. The highest BCUT2D eigenvalue weighted by Crippen LogP contribution is 2.24. The summed E-state index contributed by atoms with van der Waals surface area (Å²) in [6.45, 7) is 0. The molecule has 0 saturated carbocycles. The molecule has 0 aliphatic carbocycles. The Kier molecular flexibility index (Phi) is 2.94. The molecule has 2 rings (SSSR count). The molecule has 16 heavy (non-hydrogen) atoms. The first-order valence-electron chi connectivity index (χ1n) is 4.70. The summed E-state index contributed by atoms with van der Waals surface area (Å²) in [5.74, 6) is -0.501. The molecule has 1 aromatic carbocycles. The molecule has 3 nitrogen and oxygen atoms in total. The molecule has 1 unspecified atom stereocenters. The van der Waals surface area contributed by atoms with E-state index in [0.29, 0.717) is 11.3 Å². The maximum atomic E-state index is 12.9. The van der Waals surface area contributed by atoms with Crippen molar-refractivity contribution in [2.45, 2.75) is 6.10 Å². The summed E-state index contributed by atoms with van der Waals surface area (Å²) in [4.78, 5) is 0. The van der Waals surface area contributed by atoms with Gasteiger partial charge in [0.25, 0.3) is 0 Å². The largest absolute Gasteiger partial charge is 0.382 e. The zero-order valence-corrected chi connectivity index (χ0v) is 9.32. The van der Waals surface area contributed by atoms with Crippen molar-refractivity contribution in [3.8, 4) is 0 Å². The number of aliphatic hydroxyl groups excluding tert-OH is 1. The zero-order valence-electron chi connectivity index (χ0n) is 8.56. The van der Waals surface area contributed by atoms with E-state index in [-0.39, 0.29) is 5.02 Å². The third-order valence-corrected chi connectivity index (χ3v) is 2.56. The van der Waals surface area contributed by atoms with Crippen LogP contribution in [-0.2, 0) is 7.05 Å². The fraction of sp³-hybridized carbons (Fsp3) is 0.182. The Balaban J connectivity index is 2.33. The van der Waals surface area contributed by atoms with E-state index in [4.69, 9.17) is 11.6 Å². The van der Waals surface area contributed by atoms with E-state index in [0.717, 1.165) is 0 Å². The summed E-state index contributed by atoms with van der Waals surface area (Å²) >= 11 is 5.64. The monoisotopic (exact) mass is 240 g/mol. The van der Waals surface area contributed by atoms with Gasteiger partial charge < -0.3 is 5.11 Å². The maximum Gasteiger partial charge on any atom is 0.141 e. The molecule has 1 atom stereocenters. The molecule has 84 valence electrons. The Hall–Kier alpha value is -1.39.